The third-order valence-electron chi connectivity index (χ3n) is 5.78. The molecule has 1 aromatic carbocycles. The maximum absolute atomic E-state index is 12.5. The number of halogens is 3. The normalized spacial score (nSPS) is 14.6. The van der Waals surface area contributed by atoms with Crippen molar-refractivity contribution < 1.29 is 4.74 Å². The van der Waals surface area contributed by atoms with E-state index in [9.17, 15) is 4.79 Å². The lowest BCUT2D eigenvalue weighted by atomic mass is 10.0. The fourth-order valence-electron chi connectivity index (χ4n) is 3.96. The average molecular weight is 500 g/mol. The Kier molecular flexibility index (Phi) is 10.3. The van der Waals surface area contributed by atoms with Crippen molar-refractivity contribution in [3.05, 3.63) is 69.6 Å². The number of likely N-dealkylation sites (tertiary alicyclic amines) is 1. The molecule has 3 aromatic rings. The third-order valence-corrected chi connectivity index (χ3v) is 6.04. The summed E-state index contributed by atoms with van der Waals surface area (Å²) in [5.74, 6) is 0.662. The van der Waals surface area contributed by atoms with E-state index in [1.165, 1.54) is 5.56 Å². The van der Waals surface area contributed by atoms with Crippen LogP contribution in [-0.4, -0.2) is 47.2 Å². The first-order chi connectivity index (χ1) is 14.6. The highest BCUT2D eigenvalue weighted by molar-refractivity contribution is 6.30. The number of rotatable bonds is 7. The van der Waals surface area contributed by atoms with Crippen molar-refractivity contribution >= 4 is 47.4 Å². The quantitative estimate of drug-likeness (QED) is 0.529. The fraction of sp³-hybridized carbons (Fsp3) is 0.391. The van der Waals surface area contributed by atoms with Crippen LogP contribution in [0.15, 0.2) is 53.5 Å². The highest BCUT2D eigenvalue weighted by Gasteiger charge is 2.19. The van der Waals surface area contributed by atoms with Crippen molar-refractivity contribution in [2.75, 3.05) is 26.7 Å². The first-order valence-corrected chi connectivity index (χ1v) is 10.7. The number of methoxy groups -OCH3 is 1. The third kappa shape index (κ3) is 6.59. The summed E-state index contributed by atoms with van der Waals surface area (Å²) in [6.45, 7) is 4.41. The van der Waals surface area contributed by atoms with Crippen molar-refractivity contribution in [3.8, 4) is 5.75 Å². The largest absolute Gasteiger partial charge is 0.495 e. The maximum Gasteiger partial charge on any atom is 0.251 e. The van der Waals surface area contributed by atoms with E-state index in [1.54, 1.807) is 30.0 Å². The second-order valence-electron chi connectivity index (χ2n) is 7.73. The smallest absolute Gasteiger partial charge is 0.251 e. The number of nitrogens with zero attached hydrogens (tertiary/aromatic N) is 3. The van der Waals surface area contributed by atoms with E-state index < -0.39 is 0 Å². The lowest BCUT2D eigenvalue weighted by Crippen LogP contribution is -2.43. The van der Waals surface area contributed by atoms with E-state index in [0.717, 1.165) is 55.1 Å². The number of benzene rings is 1. The minimum atomic E-state index is -0.00271. The highest BCUT2D eigenvalue weighted by Crippen LogP contribution is 2.17. The van der Waals surface area contributed by atoms with E-state index >= 15 is 0 Å². The van der Waals surface area contributed by atoms with E-state index in [2.05, 4.69) is 27.3 Å². The predicted molar refractivity (Wildman–Crippen MR) is 135 cm³/mol. The van der Waals surface area contributed by atoms with E-state index in [1.807, 2.05) is 18.2 Å². The minimum absolute atomic E-state index is 0. The molecular weight excluding hydrogens is 471 g/mol. The molecule has 0 bridgehead atoms. The molecule has 1 aliphatic heterocycles. The van der Waals surface area contributed by atoms with Gasteiger partial charge >= 0.3 is 0 Å². The van der Waals surface area contributed by atoms with Crippen LogP contribution in [0, 0.1) is 0 Å². The summed E-state index contributed by atoms with van der Waals surface area (Å²) in [7, 11) is 1.61. The molecule has 0 unspecified atom stereocenters. The molecule has 6 nitrogen and oxygen atoms in total. The van der Waals surface area contributed by atoms with Gasteiger partial charge in [0, 0.05) is 42.8 Å². The molecule has 0 aliphatic carbocycles. The molecule has 0 atom stereocenters. The minimum Gasteiger partial charge on any atom is -0.495 e. The number of pyridine rings is 2. The highest BCUT2D eigenvalue weighted by atomic mass is 35.5. The van der Waals surface area contributed by atoms with Gasteiger partial charge in [0.05, 0.1) is 24.3 Å². The van der Waals surface area contributed by atoms with Crippen LogP contribution in [0.4, 0.5) is 0 Å². The van der Waals surface area contributed by atoms with Gasteiger partial charge in [0.2, 0.25) is 0 Å². The van der Waals surface area contributed by atoms with Gasteiger partial charge in [-0.3, -0.25) is 9.78 Å². The monoisotopic (exact) mass is 498 g/mol. The zero-order valence-corrected chi connectivity index (χ0v) is 20.4. The topological polar surface area (TPSA) is 59.4 Å². The summed E-state index contributed by atoms with van der Waals surface area (Å²) < 4.78 is 7.08. The Labute approximate surface area is 205 Å². The second kappa shape index (κ2) is 12.4. The SMILES string of the molecule is COc1cnc2ccc(=O)n(CCN3CCC(NCc4ccc(Cl)cc4)CC3)c2c1.Cl.Cl. The van der Waals surface area contributed by atoms with Crippen molar-refractivity contribution in [2.45, 2.75) is 32.0 Å². The van der Waals surface area contributed by atoms with Gasteiger partial charge in [0.25, 0.3) is 5.56 Å². The molecule has 4 rings (SSSR count). The number of aromatic nitrogens is 2. The molecule has 3 heterocycles. The zero-order chi connectivity index (χ0) is 20.9. The molecule has 2 aromatic heterocycles. The van der Waals surface area contributed by atoms with Crippen LogP contribution in [0.3, 0.4) is 0 Å². The summed E-state index contributed by atoms with van der Waals surface area (Å²) in [5.41, 5.74) is 2.88. The fourth-order valence-corrected chi connectivity index (χ4v) is 4.08. The summed E-state index contributed by atoms with van der Waals surface area (Å²) >= 11 is 5.95. The summed E-state index contributed by atoms with van der Waals surface area (Å²) in [6.07, 6.45) is 3.89. The Hall–Kier alpha value is -1.83. The standard InChI is InChI=1S/C23H27ClN4O2.2ClH/c1-30-20-14-22-21(26-16-20)6-7-23(29)28(22)13-12-27-10-8-19(9-11-27)25-15-17-2-4-18(24)5-3-17;;/h2-7,14,16,19,25H,8-13,15H2,1H3;2*1H. The van der Waals surface area contributed by atoms with E-state index in [0.29, 0.717) is 18.3 Å². The Morgan fingerprint density at radius 1 is 1.09 bits per heavy atom. The average Bonchev–Trinajstić information content (AvgIpc) is 2.78. The Morgan fingerprint density at radius 3 is 2.50 bits per heavy atom. The predicted octanol–water partition coefficient (Wildman–Crippen LogP) is 4.16. The summed E-state index contributed by atoms with van der Waals surface area (Å²) in [6, 6.07) is 13.8. The van der Waals surface area contributed by atoms with Crippen molar-refractivity contribution in [3.63, 3.8) is 0 Å². The zero-order valence-electron chi connectivity index (χ0n) is 18.0. The molecule has 174 valence electrons. The molecule has 1 fully saturated rings. The van der Waals surface area contributed by atoms with Gasteiger partial charge in [-0.25, -0.2) is 0 Å². The Morgan fingerprint density at radius 2 is 1.81 bits per heavy atom. The van der Waals surface area contributed by atoms with Gasteiger partial charge in [-0.2, -0.15) is 0 Å². The van der Waals surface area contributed by atoms with Crippen LogP contribution in [0.5, 0.6) is 5.75 Å². The van der Waals surface area contributed by atoms with Gasteiger partial charge in [-0.05, 0) is 49.7 Å². The molecule has 9 heteroatoms. The number of ether oxygens (including phenoxy) is 1. The van der Waals surface area contributed by atoms with Crippen molar-refractivity contribution in [2.24, 2.45) is 0 Å². The van der Waals surface area contributed by atoms with Crippen LogP contribution in [0.25, 0.3) is 11.0 Å². The molecule has 0 amide bonds. The summed E-state index contributed by atoms with van der Waals surface area (Å²) in [5, 5.41) is 4.42. The molecule has 1 aliphatic rings. The molecule has 1 N–H and O–H groups in total. The lowest BCUT2D eigenvalue weighted by molar-refractivity contribution is 0.191. The molecule has 0 spiro atoms. The number of piperidine rings is 1. The molecule has 32 heavy (non-hydrogen) atoms. The Balaban J connectivity index is 0.00000181. The lowest BCUT2D eigenvalue weighted by Gasteiger charge is -2.32. The number of hydrogen-bond donors (Lipinski definition) is 1. The first kappa shape index (κ1) is 26.4. The van der Waals surface area contributed by atoms with Crippen LogP contribution in [0.1, 0.15) is 18.4 Å². The van der Waals surface area contributed by atoms with E-state index in [-0.39, 0.29) is 30.4 Å². The molecular formula is C23H29Cl3N4O2. The van der Waals surface area contributed by atoms with Gasteiger partial charge in [-0.1, -0.05) is 23.7 Å². The number of nitrogens with one attached hydrogen (secondary N) is 1. The molecule has 0 saturated carbocycles. The molecule has 0 radical (unpaired) electrons. The van der Waals surface area contributed by atoms with Crippen LogP contribution in [0.2, 0.25) is 5.02 Å². The van der Waals surface area contributed by atoms with Crippen LogP contribution in [-0.2, 0) is 13.1 Å². The van der Waals surface area contributed by atoms with Crippen molar-refractivity contribution in [1.82, 2.24) is 19.8 Å². The summed E-state index contributed by atoms with van der Waals surface area (Å²) in [4.78, 5) is 19.3. The van der Waals surface area contributed by atoms with Gasteiger partial charge < -0.3 is 19.5 Å². The van der Waals surface area contributed by atoms with Gasteiger partial charge in [0.15, 0.2) is 0 Å². The Bertz CT molecular complexity index is 1050. The second-order valence-corrected chi connectivity index (χ2v) is 8.16. The molecule has 1 saturated heterocycles. The van der Waals surface area contributed by atoms with Gasteiger partial charge in [-0.15, -0.1) is 24.8 Å². The van der Waals surface area contributed by atoms with Gasteiger partial charge in [0.1, 0.15) is 5.75 Å². The maximum atomic E-state index is 12.5. The number of hydrogen-bond acceptors (Lipinski definition) is 5. The first-order valence-electron chi connectivity index (χ1n) is 10.4. The van der Waals surface area contributed by atoms with Crippen LogP contribution < -0.4 is 15.6 Å². The number of fused-ring (bicyclic) bond motifs is 1. The van der Waals surface area contributed by atoms with Crippen LogP contribution >= 0.6 is 36.4 Å². The van der Waals surface area contributed by atoms with E-state index in [4.69, 9.17) is 16.3 Å². The van der Waals surface area contributed by atoms with Crippen molar-refractivity contribution in [1.29, 1.82) is 0 Å².